The third kappa shape index (κ3) is 3.28. The smallest absolute Gasteiger partial charge is 0.179 e. The molecule has 0 bridgehead atoms. The van der Waals surface area contributed by atoms with Crippen LogP contribution in [0.25, 0.3) is 0 Å². The van der Waals surface area contributed by atoms with Crippen LogP contribution in [-0.4, -0.2) is 53.8 Å². The maximum Gasteiger partial charge on any atom is 0.179 e. The highest BCUT2D eigenvalue weighted by molar-refractivity contribution is 5.99. The van der Waals surface area contributed by atoms with Gasteiger partial charge in [-0.25, -0.2) is 0 Å². The summed E-state index contributed by atoms with van der Waals surface area (Å²) in [4.78, 5) is 17.3. The summed E-state index contributed by atoms with van der Waals surface area (Å²) in [6.45, 7) is 10.7. The lowest BCUT2D eigenvalue weighted by atomic mass is 10.0. The summed E-state index contributed by atoms with van der Waals surface area (Å²) in [6, 6.07) is 10.2. The molecule has 1 aromatic rings. The van der Waals surface area contributed by atoms with E-state index < -0.39 is 0 Å². The minimum Gasteiger partial charge on any atom is -0.300 e. The fourth-order valence-electron chi connectivity index (χ4n) is 3.17. The van der Waals surface area contributed by atoms with Crippen LogP contribution in [0.5, 0.6) is 0 Å². The lowest BCUT2D eigenvalue weighted by Crippen LogP contribution is -2.41. The second-order valence-corrected chi connectivity index (χ2v) is 5.56. The predicted octanol–water partition coefficient (Wildman–Crippen LogP) is 2.67. The maximum absolute atomic E-state index is 12.5. The van der Waals surface area contributed by atoms with E-state index in [4.69, 9.17) is 0 Å². The Kier molecular flexibility index (Phi) is 5.32. The molecule has 0 radical (unpaired) electrons. The Balaban J connectivity index is 1.97. The first kappa shape index (κ1) is 15.2. The van der Waals surface area contributed by atoms with Crippen molar-refractivity contribution in [3.8, 4) is 0 Å². The molecule has 1 fully saturated rings. The van der Waals surface area contributed by atoms with Crippen LogP contribution in [0.2, 0.25) is 0 Å². The minimum absolute atomic E-state index is 0.0158. The van der Waals surface area contributed by atoms with E-state index in [-0.39, 0.29) is 11.8 Å². The van der Waals surface area contributed by atoms with Crippen molar-refractivity contribution in [2.75, 3.05) is 26.2 Å². The van der Waals surface area contributed by atoms with Crippen molar-refractivity contribution in [2.24, 2.45) is 0 Å². The number of hydrogen-bond acceptors (Lipinski definition) is 3. The fraction of sp³-hybridized carbons (Fsp3) is 0.588. The van der Waals surface area contributed by atoms with Gasteiger partial charge in [-0.3, -0.25) is 14.6 Å². The van der Waals surface area contributed by atoms with Crippen LogP contribution in [0, 0.1) is 0 Å². The van der Waals surface area contributed by atoms with E-state index in [1.807, 2.05) is 37.3 Å². The molecule has 3 nitrogen and oxygen atoms in total. The summed E-state index contributed by atoms with van der Waals surface area (Å²) >= 11 is 0. The molecule has 1 aliphatic rings. The third-order valence-corrected chi connectivity index (χ3v) is 4.51. The minimum atomic E-state index is -0.0158. The molecule has 2 atom stereocenters. The number of nitrogens with zero attached hydrogens (tertiary/aromatic N) is 2. The summed E-state index contributed by atoms with van der Waals surface area (Å²) in [5.74, 6) is 0.241. The number of likely N-dealkylation sites (tertiary alicyclic amines) is 1. The summed E-state index contributed by atoms with van der Waals surface area (Å²) < 4.78 is 0. The van der Waals surface area contributed by atoms with Gasteiger partial charge < -0.3 is 0 Å². The van der Waals surface area contributed by atoms with Crippen molar-refractivity contribution in [1.29, 1.82) is 0 Å². The van der Waals surface area contributed by atoms with Crippen LogP contribution in [-0.2, 0) is 0 Å². The molecule has 1 aromatic carbocycles. The number of carbonyl (C=O) groups excluding carboxylic acids is 1. The molecule has 0 aromatic heterocycles. The van der Waals surface area contributed by atoms with Crippen LogP contribution in [0.15, 0.2) is 30.3 Å². The second-order valence-electron chi connectivity index (χ2n) is 5.56. The summed E-state index contributed by atoms with van der Waals surface area (Å²) in [7, 11) is 0. The Morgan fingerprint density at radius 2 is 1.95 bits per heavy atom. The topological polar surface area (TPSA) is 23.6 Å². The van der Waals surface area contributed by atoms with Crippen molar-refractivity contribution in [1.82, 2.24) is 9.80 Å². The molecule has 20 heavy (non-hydrogen) atoms. The number of carbonyl (C=O) groups is 1. The molecule has 0 spiro atoms. The fourth-order valence-corrected chi connectivity index (χ4v) is 3.17. The Hall–Kier alpha value is -1.19. The first-order valence-corrected chi connectivity index (χ1v) is 7.74. The Morgan fingerprint density at radius 3 is 2.55 bits per heavy atom. The summed E-state index contributed by atoms with van der Waals surface area (Å²) in [5, 5.41) is 0. The standard InChI is InChI=1S/C17H26N2O/c1-4-18(5-2)16-11-12-19(13-16)14(3)17(20)15-9-7-6-8-10-15/h6-10,14,16H,4-5,11-13H2,1-3H3. The zero-order valence-electron chi connectivity index (χ0n) is 12.9. The van der Waals surface area contributed by atoms with E-state index in [9.17, 15) is 4.79 Å². The molecule has 2 rings (SSSR count). The van der Waals surface area contributed by atoms with Crippen LogP contribution >= 0.6 is 0 Å². The van der Waals surface area contributed by atoms with Gasteiger partial charge in [-0.2, -0.15) is 0 Å². The van der Waals surface area contributed by atoms with Gasteiger partial charge in [0.1, 0.15) is 0 Å². The van der Waals surface area contributed by atoms with Gasteiger partial charge in [0.15, 0.2) is 5.78 Å². The van der Waals surface area contributed by atoms with Crippen molar-refractivity contribution >= 4 is 5.78 Å². The van der Waals surface area contributed by atoms with Gasteiger partial charge in [0, 0.05) is 24.7 Å². The molecule has 2 unspecified atom stereocenters. The van der Waals surface area contributed by atoms with Gasteiger partial charge in [-0.05, 0) is 26.4 Å². The van der Waals surface area contributed by atoms with Crippen molar-refractivity contribution < 1.29 is 4.79 Å². The zero-order valence-corrected chi connectivity index (χ0v) is 12.9. The SMILES string of the molecule is CCN(CC)C1CCN(C(C)C(=O)c2ccccc2)C1. The Labute approximate surface area is 122 Å². The predicted molar refractivity (Wildman–Crippen MR) is 83.1 cm³/mol. The van der Waals surface area contributed by atoms with Crippen LogP contribution in [0.4, 0.5) is 0 Å². The molecule has 110 valence electrons. The van der Waals surface area contributed by atoms with Crippen LogP contribution in [0.3, 0.4) is 0 Å². The van der Waals surface area contributed by atoms with Gasteiger partial charge in [0.2, 0.25) is 0 Å². The maximum atomic E-state index is 12.5. The van der Waals surface area contributed by atoms with Gasteiger partial charge in [0.25, 0.3) is 0 Å². The highest BCUT2D eigenvalue weighted by atomic mass is 16.1. The molecule has 0 aliphatic carbocycles. The van der Waals surface area contributed by atoms with E-state index in [0.717, 1.165) is 31.7 Å². The Bertz CT molecular complexity index is 428. The number of hydrogen-bond donors (Lipinski definition) is 0. The Morgan fingerprint density at radius 1 is 1.30 bits per heavy atom. The van der Waals surface area contributed by atoms with Gasteiger partial charge in [-0.15, -0.1) is 0 Å². The number of ketones is 1. The molecule has 3 heteroatoms. The first-order valence-electron chi connectivity index (χ1n) is 7.74. The van der Waals surface area contributed by atoms with Crippen molar-refractivity contribution in [3.63, 3.8) is 0 Å². The molecule has 0 N–H and O–H groups in total. The summed E-state index contributed by atoms with van der Waals surface area (Å²) in [5.41, 5.74) is 0.825. The zero-order chi connectivity index (χ0) is 14.5. The molecular formula is C17H26N2O. The third-order valence-electron chi connectivity index (χ3n) is 4.51. The second kappa shape index (κ2) is 7.00. The van der Waals surface area contributed by atoms with Gasteiger partial charge in [0.05, 0.1) is 6.04 Å². The largest absolute Gasteiger partial charge is 0.300 e. The van der Waals surface area contributed by atoms with E-state index in [1.54, 1.807) is 0 Å². The van der Waals surface area contributed by atoms with Crippen LogP contribution in [0.1, 0.15) is 37.6 Å². The number of rotatable bonds is 6. The van der Waals surface area contributed by atoms with Gasteiger partial charge in [-0.1, -0.05) is 44.2 Å². The molecule has 1 saturated heterocycles. The summed E-state index contributed by atoms with van der Waals surface area (Å²) in [6.07, 6.45) is 1.17. The van der Waals surface area contributed by atoms with E-state index in [0.29, 0.717) is 6.04 Å². The van der Waals surface area contributed by atoms with E-state index in [1.165, 1.54) is 6.42 Å². The highest BCUT2D eigenvalue weighted by Crippen LogP contribution is 2.19. The van der Waals surface area contributed by atoms with Crippen molar-refractivity contribution in [2.45, 2.75) is 39.3 Å². The first-order chi connectivity index (χ1) is 9.67. The van der Waals surface area contributed by atoms with Crippen LogP contribution < -0.4 is 0 Å². The average Bonchev–Trinajstić information content (AvgIpc) is 2.97. The monoisotopic (exact) mass is 274 g/mol. The van der Waals surface area contributed by atoms with E-state index in [2.05, 4.69) is 23.6 Å². The molecule has 1 aliphatic heterocycles. The molecule has 0 saturated carbocycles. The van der Waals surface area contributed by atoms with Crippen molar-refractivity contribution in [3.05, 3.63) is 35.9 Å². The molecule has 1 heterocycles. The average molecular weight is 274 g/mol. The van der Waals surface area contributed by atoms with E-state index >= 15 is 0 Å². The highest BCUT2D eigenvalue weighted by Gasteiger charge is 2.31. The molecular weight excluding hydrogens is 248 g/mol. The number of Topliss-reactive ketones (excluding diaryl/α,β-unsaturated/α-hetero) is 1. The molecule has 0 amide bonds. The van der Waals surface area contributed by atoms with Gasteiger partial charge >= 0.3 is 0 Å². The number of likely N-dealkylation sites (N-methyl/N-ethyl adjacent to an activating group) is 1. The quantitative estimate of drug-likeness (QED) is 0.745. The lowest BCUT2D eigenvalue weighted by molar-refractivity contribution is 0.0856. The number of benzene rings is 1. The normalized spacial score (nSPS) is 21.3. The lowest BCUT2D eigenvalue weighted by Gasteiger charge is -2.28.